The number of hydrogen-bond acceptors (Lipinski definition) is 5. The molecule has 1 aliphatic rings. The molecule has 3 rings (SSSR count). The Morgan fingerprint density at radius 2 is 1.91 bits per heavy atom. The maximum Gasteiger partial charge on any atom is 0.262 e. The number of carbonyl (C=O) groups is 1. The zero-order valence-corrected chi connectivity index (χ0v) is 19.2. The SMILES string of the molecule is CCOc1cc(CNCC2([C@H](C)CCO)CCC2)ccc1OCC(=O)Nc1ccccc1. The minimum Gasteiger partial charge on any atom is -0.490 e. The minimum atomic E-state index is -0.216. The highest BCUT2D eigenvalue weighted by Gasteiger charge is 2.40. The van der Waals surface area contributed by atoms with E-state index in [1.807, 2.05) is 55.5 Å². The molecular formula is C26H36N2O4. The van der Waals surface area contributed by atoms with E-state index in [0.29, 0.717) is 29.4 Å². The van der Waals surface area contributed by atoms with Gasteiger partial charge in [0.05, 0.1) is 6.61 Å². The van der Waals surface area contributed by atoms with E-state index in [1.165, 1.54) is 19.3 Å². The molecule has 0 saturated heterocycles. The van der Waals surface area contributed by atoms with Crippen molar-refractivity contribution in [1.29, 1.82) is 0 Å². The summed E-state index contributed by atoms with van der Waals surface area (Å²) in [5.41, 5.74) is 2.16. The summed E-state index contributed by atoms with van der Waals surface area (Å²) < 4.78 is 11.5. The molecule has 0 aromatic heterocycles. The van der Waals surface area contributed by atoms with E-state index in [0.717, 1.165) is 30.8 Å². The van der Waals surface area contributed by atoms with E-state index in [9.17, 15) is 9.90 Å². The number of ether oxygens (including phenoxy) is 2. The van der Waals surface area contributed by atoms with E-state index in [-0.39, 0.29) is 19.1 Å². The summed E-state index contributed by atoms with van der Waals surface area (Å²) in [4.78, 5) is 12.2. The third-order valence-electron chi connectivity index (χ3n) is 6.49. The summed E-state index contributed by atoms with van der Waals surface area (Å²) in [7, 11) is 0. The van der Waals surface area contributed by atoms with Crippen LogP contribution in [0.4, 0.5) is 5.69 Å². The molecule has 2 aromatic carbocycles. The van der Waals surface area contributed by atoms with Crippen molar-refractivity contribution in [3.8, 4) is 11.5 Å². The number of hydrogen-bond donors (Lipinski definition) is 3. The quantitative estimate of drug-likeness (QED) is 0.431. The number of nitrogens with one attached hydrogen (secondary N) is 2. The van der Waals surface area contributed by atoms with Crippen molar-refractivity contribution in [1.82, 2.24) is 5.32 Å². The average Bonchev–Trinajstić information content (AvgIpc) is 2.76. The second-order valence-corrected chi connectivity index (χ2v) is 8.65. The molecule has 6 nitrogen and oxygen atoms in total. The Hall–Kier alpha value is -2.57. The Morgan fingerprint density at radius 3 is 2.56 bits per heavy atom. The highest BCUT2D eigenvalue weighted by Crippen LogP contribution is 2.47. The third-order valence-corrected chi connectivity index (χ3v) is 6.49. The van der Waals surface area contributed by atoms with Crippen molar-refractivity contribution >= 4 is 11.6 Å². The van der Waals surface area contributed by atoms with Gasteiger partial charge in [0.1, 0.15) is 0 Å². The van der Waals surface area contributed by atoms with Crippen LogP contribution in [0.5, 0.6) is 11.5 Å². The van der Waals surface area contributed by atoms with E-state index >= 15 is 0 Å². The summed E-state index contributed by atoms with van der Waals surface area (Å²) in [6, 6.07) is 15.2. The first kappa shape index (κ1) is 24.1. The van der Waals surface area contributed by atoms with Crippen molar-refractivity contribution in [3.63, 3.8) is 0 Å². The highest BCUT2D eigenvalue weighted by molar-refractivity contribution is 5.91. The molecule has 2 aromatic rings. The highest BCUT2D eigenvalue weighted by atomic mass is 16.5. The van der Waals surface area contributed by atoms with Crippen LogP contribution in [0.25, 0.3) is 0 Å². The van der Waals surface area contributed by atoms with E-state index in [2.05, 4.69) is 17.6 Å². The molecule has 32 heavy (non-hydrogen) atoms. The minimum absolute atomic E-state index is 0.0855. The molecule has 1 amide bonds. The lowest BCUT2D eigenvalue weighted by atomic mass is 9.60. The van der Waals surface area contributed by atoms with E-state index < -0.39 is 0 Å². The number of aliphatic hydroxyl groups is 1. The maximum absolute atomic E-state index is 12.2. The first-order valence-corrected chi connectivity index (χ1v) is 11.6. The summed E-state index contributed by atoms with van der Waals surface area (Å²) in [6.07, 6.45) is 4.59. The Labute approximate surface area is 191 Å². The predicted molar refractivity (Wildman–Crippen MR) is 127 cm³/mol. The molecule has 1 saturated carbocycles. The maximum atomic E-state index is 12.2. The molecule has 0 heterocycles. The fourth-order valence-corrected chi connectivity index (χ4v) is 4.34. The predicted octanol–water partition coefficient (Wildman–Crippen LogP) is 4.38. The van der Waals surface area contributed by atoms with Crippen molar-refractivity contribution in [2.24, 2.45) is 11.3 Å². The first-order chi connectivity index (χ1) is 15.6. The lowest BCUT2D eigenvalue weighted by Gasteiger charge is -2.47. The van der Waals surface area contributed by atoms with Gasteiger partial charge in [-0.1, -0.05) is 37.6 Å². The number of anilines is 1. The van der Waals surface area contributed by atoms with Crippen LogP contribution in [-0.2, 0) is 11.3 Å². The van der Waals surface area contributed by atoms with Gasteiger partial charge < -0.3 is 25.2 Å². The van der Waals surface area contributed by atoms with Gasteiger partial charge in [-0.3, -0.25) is 4.79 Å². The third kappa shape index (κ3) is 6.47. The van der Waals surface area contributed by atoms with Crippen LogP contribution >= 0.6 is 0 Å². The second-order valence-electron chi connectivity index (χ2n) is 8.65. The molecular weight excluding hydrogens is 404 g/mol. The van der Waals surface area contributed by atoms with E-state index in [4.69, 9.17) is 9.47 Å². The van der Waals surface area contributed by atoms with Crippen LogP contribution in [0.15, 0.2) is 48.5 Å². The van der Waals surface area contributed by atoms with Gasteiger partial charge in [-0.2, -0.15) is 0 Å². The van der Waals surface area contributed by atoms with Gasteiger partial charge in [-0.15, -0.1) is 0 Å². The van der Waals surface area contributed by atoms with Gasteiger partial charge in [0.2, 0.25) is 0 Å². The zero-order chi connectivity index (χ0) is 22.8. The topological polar surface area (TPSA) is 79.8 Å². The fraction of sp³-hybridized carbons (Fsp3) is 0.500. The summed E-state index contributed by atoms with van der Waals surface area (Å²) >= 11 is 0. The Balaban J connectivity index is 1.54. The van der Waals surface area contributed by atoms with Gasteiger partial charge in [0.15, 0.2) is 18.1 Å². The largest absolute Gasteiger partial charge is 0.490 e. The molecule has 0 bridgehead atoms. The lowest BCUT2D eigenvalue weighted by Crippen LogP contribution is -2.44. The second kappa shape index (κ2) is 11.9. The van der Waals surface area contributed by atoms with Crippen molar-refractivity contribution in [2.45, 2.75) is 46.1 Å². The molecule has 1 aliphatic carbocycles. The van der Waals surface area contributed by atoms with Gasteiger partial charge in [0, 0.05) is 25.4 Å². The summed E-state index contributed by atoms with van der Waals surface area (Å²) in [5.74, 6) is 1.51. The lowest BCUT2D eigenvalue weighted by molar-refractivity contribution is -0.118. The molecule has 0 radical (unpaired) electrons. The van der Waals surface area contributed by atoms with Gasteiger partial charge >= 0.3 is 0 Å². The molecule has 1 fully saturated rings. The standard InChI is InChI=1S/C26H36N2O4/c1-3-31-24-16-21(17-27-19-26(13-7-14-26)20(2)12-15-29)10-11-23(24)32-18-25(30)28-22-8-5-4-6-9-22/h4-6,8-11,16,20,27,29H,3,7,12-15,17-19H2,1-2H3,(H,28,30)/t20-/m1/s1. The van der Waals surface area contributed by atoms with Crippen molar-refractivity contribution < 1.29 is 19.4 Å². The molecule has 1 atom stereocenters. The van der Waals surface area contributed by atoms with Crippen LogP contribution in [0, 0.1) is 11.3 Å². The van der Waals surface area contributed by atoms with E-state index in [1.54, 1.807) is 0 Å². The smallest absolute Gasteiger partial charge is 0.262 e. The molecule has 0 unspecified atom stereocenters. The summed E-state index contributed by atoms with van der Waals surface area (Å²) in [5, 5.41) is 15.7. The van der Waals surface area contributed by atoms with Crippen LogP contribution in [0.3, 0.4) is 0 Å². The number of carbonyl (C=O) groups excluding carboxylic acids is 1. The normalized spacial score (nSPS) is 15.5. The molecule has 0 aliphatic heterocycles. The fourth-order valence-electron chi connectivity index (χ4n) is 4.34. The number of aliphatic hydroxyl groups excluding tert-OH is 1. The summed E-state index contributed by atoms with van der Waals surface area (Å²) in [6.45, 7) is 6.57. The number of para-hydroxylation sites is 1. The number of benzene rings is 2. The molecule has 6 heteroatoms. The van der Waals surface area contributed by atoms with Gasteiger partial charge in [0.25, 0.3) is 5.91 Å². The first-order valence-electron chi connectivity index (χ1n) is 11.6. The number of rotatable bonds is 13. The average molecular weight is 441 g/mol. The Kier molecular flexibility index (Phi) is 8.94. The zero-order valence-electron chi connectivity index (χ0n) is 19.2. The molecule has 3 N–H and O–H groups in total. The Bertz CT molecular complexity index is 852. The number of amides is 1. The Morgan fingerprint density at radius 1 is 1.12 bits per heavy atom. The van der Waals surface area contributed by atoms with Crippen molar-refractivity contribution in [3.05, 3.63) is 54.1 Å². The van der Waals surface area contributed by atoms with Gasteiger partial charge in [-0.05, 0) is 67.3 Å². The van der Waals surface area contributed by atoms with Crippen LogP contribution < -0.4 is 20.1 Å². The van der Waals surface area contributed by atoms with Gasteiger partial charge in [-0.25, -0.2) is 0 Å². The molecule has 174 valence electrons. The van der Waals surface area contributed by atoms with Crippen LogP contribution in [0.1, 0.15) is 45.1 Å². The molecule has 0 spiro atoms. The van der Waals surface area contributed by atoms with Crippen LogP contribution in [-0.4, -0.2) is 37.4 Å². The monoisotopic (exact) mass is 440 g/mol. The van der Waals surface area contributed by atoms with Crippen molar-refractivity contribution in [2.75, 3.05) is 31.7 Å². The van der Waals surface area contributed by atoms with Crippen LogP contribution in [0.2, 0.25) is 0 Å².